The van der Waals surface area contributed by atoms with Gasteiger partial charge in [0, 0.05) is 25.7 Å². The molecule has 594 valence electrons. The number of hydrogen-bond acceptors (Lipinski definition) is 15. The van der Waals surface area contributed by atoms with E-state index in [1.807, 2.05) is 0 Å². The number of rotatable bonds is 79. The van der Waals surface area contributed by atoms with E-state index in [1.165, 1.54) is 231 Å². The molecule has 0 aliphatic heterocycles. The van der Waals surface area contributed by atoms with Crippen LogP contribution in [-0.2, 0) is 65.4 Å². The average molecular weight is 1470 g/mol. The van der Waals surface area contributed by atoms with Crippen LogP contribution in [0.2, 0.25) is 0 Å². The van der Waals surface area contributed by atoms with Gasteiger partial charge in [0.25, 0.3) is 0 Å². The summed E-state index contributed by atoms with van der Waals surface area (Å²) in [5.74, 6) is 0.296. The van der Waals surface area contributed by atoms with E-state index >= 15 is 0 Å². The summed E-state index contributed by atoms with van der Waals surface area (Å²) in [6.07, 6.45) is 59.4. The minimum atomic E-state index is -4.96. The third-order valence-electron chi connectivity index (χ3n) is 19.2. The second-order valence-corrected chi connectivity index (χ2v) is 33.3. The number of phosphoric acid groups is 2. The van der Waals surface area contributed by atoms with Crippen molar-refractivity contribution in [2.75, 3.05) is 39.6 Å². The van der Waals surface area contributed by atoms with Gasteiger partial charge in [0.2, 0.25) is 0 Å². The number of aliphatic hydroxyl groups excluding tert-OH is 1. The lowest BCUT2D eigenvalue weighted by Gasteiger charge is -2.21. The molecule has 0 heterocycles. The second-order valence-electron chi connectivity index (χ2n) is 30.4. The average Bonchev–Trinajstić information content (AvgIpc) is 0.967. The lowest BCUT2D eigenvalue weighted by Crippen LogP contribution is -2.30. The zero-order valence-electron chi connectivity index (χ0n) is 65.7. The zero-order chi connectivity index (χ0) is 73.7. The molecule has 0 fully saturated rings. The Kier molecular flexibility index (Phi) is 69.9. The summed E-state index contributed by atoms with van der Waals surface area (Å²) in [7, 11) is -9.92. The molecule has 0 amide bonds. The van der Waals surface area contributed by atoms with Crippen molar-refractivity contribution in [3.05, 3.63) is 0 Å². The number of esters is 4. The van der Waals surface area contributed by atoms with E-state index in [1.54, 1.807) is 0 Å². The molecule has 17 nitrogen and oxygen atoms in total. The molecule has 0 aliphatic rings. The van der Waals surface area contributed by atoms with Crippen LogP contribution in [0.3, 0.4) is 0 Å². The monoisotopic (exact) mass is 1470 g/mol. The Morgan fingerprint density at radius 2 is 0.510 bits per heavy atom. The SMILES string of the molecule is CCCCCCCCCCCCCCC(=O)OC[C@H](COP(=O)(O)OC[C@H](O)COP(=O)(O)OC[C@@H](COC(=O)CCCCCCCCCCCCCCC(C)C)OC(=O)CCCCCCCCCCCCCCCCC(C)CC)OC(=O)CCCCCCCCCCCCCCC(C)C. The van der Waals surface area contributed by atoms with Gasteiger partial charge in [0.1, 0.15) is 19.3 Å². The van der Waals surface area contributed by atoms with Crippen LogP contribution in [0.25, 0.3) is 0 Å². The Balaban J connectivity index is 5.27. The van der Waals surface area contributed by atoms with Crippen molar-refractivity contribution in [2.24, 2.45) is 17.8 Å². The quantitative estimate of drug-likeness (QED) is 0.0222. The van der Waals surface area contributed by atoms with Crippen molar-refractivity contribution in [3.8, 4) is 0 Å². The van der Waals surface area contributed by atoms with Crippen molar-refractivity contribution in [1.29, 1.82) is 0 Å². The van der Waals surface area contributed by atoms with Crippen LogP contribution < -0.4 is 0 Å². The molecule has 0 aromatic rings. The van der Waals surface area contributed by atoms with E-state index in [0.717, 1.165) is 108 Å². The maximum absolute atomic E-state index is 13.1. The van der Waals surface area contributed by atoms with Crippen LogP contribution in [0, 0.1) is 17.8 Å². The van der Waals surface area contributed by atoms with Gasteiger partial charge in [-0.15, -0.1) is 0 Å². The summed E-state index contributed by atoms with van der Waals surface area (Å²) in [4.78, 5) is 73.1. The fourth-order valence-corrected chi connectivity index (χ4v) is 14.0. The van der Waals surface area contributed by atoms with Gasteiger partial charge in [0.05, 0.1) is 26.4 Å². The van der Waals surface area contributed by atoms with Crippen molar-refractivity contribution in [3.63, 3.8) is 0 Å². The molecule has 0 aliphatic carbocycles. The summed E-state index contributed by atoms with van der Waals surface area (Å²) in [6.45, 7) is 12.0. The van der Waals surface area contributed by atoms with Gasteiger partial charge in [-0.3, -0.25) is 37.3 Å². The Morgan fingerprint density at radius 1 is 0.290 bits per heavy atom. The highest BCUT2D eigenvalue weighted by atomic mass is 31.2. The highest BCUT2D eigenvalue weighted by molar-refractivity contribution is 7.47. The van der Waals surface area contributed by atoms with E-state index < -0.39 is 97.5 Å². The molecule has 0 rings (SSSR count). The lowest BCUT2D eigenvalue weighted by molar-refractivity contribution is -0.161. The molecular weight excluding hydrogens is 1310 g/mol. The molecule has 0 saturated carbocycles. The molecule has 0 spiro atoms. The Bertz CT molecular complexity index is 1940. The topological polar surface area (TPSA) is 237 Å². The van der Waals surface area contributed by atoms with Crippen LogP contribution in [0.15, 0.2) is 0 Å². The van der Waals surface area contributed by atoms with Crippen LogP contribution in [0.5, 0.6) is 0 Å². The first-order chi connectivity index (χ1) is 48.3. The molecule has 3 N–H and O–H groups in total. The smallest absolute Gasteiger partial charge is 0.462 e. The Morgan fingerprint density at radius 3 is 0.760 bits per heavy atom. The van der Waals surface area contributed by atoms with E-state index in [2.05, 4.69) is 48.5 Å². The van der Waals surface area contributed by atoms with Crippen molar-refractivity contribution < 1.29 is 80.2 Å². The summed E-state index contributed by atoms with van der Waals surface area (Å²) >= 11 is 0. The standard InChI is InChI=1S/C81H158O17P2/c1-8-10-11-12-13-14-15-27-34-41-48-55-62-78(83)91-68-76(98-81(86)65-58-51-44-37-30-23-21-25-32-39-46-53-60-73(5)6)70-95-99(87,88)93-66-75(82)67-94-100(89,90)96-71-77(69-92-79(84)63-56-49-42-35-28-22-20-24-31-38-45-52-59-72(3)4)97-80(85)64-57-50-43-36-29-19-17-16-18-26-33-40-47-54-61-74(7)9-2/h72-77,82H,8-71H2,1-7H3,(H,87,88)(H,89,90)/t74?,75-,76+,77+/m0/s1. The molecule has 0 bridgehead atoms. The third kappa shape index (κ3) is 73.0. The highest BCUT2D eigenvalue weighted by Crippen LogP contribution is 2.45. The Hall–Kier alpha value is -1.94. The largest absolute Gasteiger partial charge is 0.472 e. The Labute approximate surface area is 613 Å². The van der Waals surface area contributed by atoms with Gasteiger partial charge in [-0.2, -0.15) is 0 Å². The molecule has 0 radical (unpaired) electrons. The van der Waals surface area contributed by atoms with Gasteiger partial charge < -0.3 is 33.8 Å². The predicted molar refractivity (Wildman–Crippen MR) is 409 cm³/mol. The van der Waals surface area contributed by atoms with E-state index in [9.17, 15) is 43.2 Å². The van der Waals surface area contributed by atoms with Crippen molar-refractivity contribution >= 4 is 39.5 Å². The van der Waals surface area contributed by atoms with Gasteiger partial charge in [0.15, 0.2) is 12.2 Å². The normalized spacial score (nSPS) is 14.2. The second kappa shape index (κ2) is 71.3. The number of ether oxygens (including phenoxy) is 4. The number of phosphoric ester groups is 2. The van der Waals surface area contributed by atoms with E-state index in [-0.39, 0.29) is 25.7 Å². The van der Waals surface area contributed by atoms with Gasteiger partial charge in [-0.1, -0.05) is 370 Å². The number of hydrogen-bond donors (Lipinski definition) is 3. The van der Waals surface area contributed by atoms with Crippen molar-refractivity contribution in [2.45, 2.75) is 439 Å². The molecular formula is C81H158O17P2. The highest BCUT2D eigenvalue weighted by Gasteiger charge is 2.30. The number of aliphatic hydroxyl groups is 1. The van der Waals surface area contributed by atoms with Gasteiger partial charge >= 0.3 is 39.5 Å². The maximum atomic E-state index is 13.1. The summed E-state index contributed by atoms with van der Waals surface area (Å²) in [5.41, 5.74) is 0. The van der Waals surface area contributed by atoms with E-state index in [4.69, 9.17) is 37.0 Å². The summed E-state index contributed by atoms with van der Waals surface area (Å²) < 4.78 is 68.8. The zero-order valence-corrected chi connectivity index (χ0v) is 67.5. The summed E-state index contributed by atoms with van der Waals surface area (Å²) in [6, 6.07) is 0. The third-order valence-corrected chi connectivity index (χ3v) is 21.1. The maximum Gasteiger partial charge on any atom is 0.472 e. The molecule has 0 aromatic heterocycles. The first-order valence-electron chi connectivity index (χ1n) is 41.9. The van der Waals surface area contributed by atoms with Gasteiger partial charge in [-0.05, 0) is 43.4 Å². The van der Waals surface area contributed by atoms with Crippen LogP contribution in [0.4, 0.5) is 0 Å². The van der Waals surface area contributed by atoms with Crippen LogP contribution in [0.1, 0.15) is 421 Å². The minimum Gasteiger partial charge on any atom is -0.462 e. The number of carbonyl (C=O) groups is 4. The fourth-order valence-electron chi connectivity index (χ4n) is 12.5. The fraction of sp³-hybridized carbons (Fsp3) is 0.951. The van der Waals surface area contributed by atoms with Gasteiger partial charge in [-0.25, -0.2) is 9.13 Å². The molecule has 100 heavy (non-hydrogen) atoms. The van der Waals surface area contributed by atoms with Crippen LogP contribution in [-0.4, -0.2) is 96.7 Å². The van der Waals surface area contributed by atoms with Crippen molar-refractivity contribution in [1.82, 2.24) is 0 Å². The van der Waals surface area contributed by atoms with Crippen LogP contribution >= 0.6 is 15.6 Å². The van der Waals surface area contributed by atoms with E-state index in [0.29, 0.717) is 25.7 Å². The first-order valence-corrected chi connectivity index (χ1v) is 44.9. The molecule has 3 unspecified atom stereocenters. The summed E-state index contributed by atoms with van der Waals surface area (Å²) in [5, 5.41) is 10.6. The minimum absolute atomic E-state index is 0.107. The molecule has 0 aromatic carbocycles. The molecule has 19 heteroatoms. The molecule has 0 saturated heterocycles. The number of carbonyl (C=O) groups excluding carboxylic acids is 4. The first kappa shape index (κ1) is 98.1. The lowest BCUT2D eigenvalue weighted by atomic mass is 9.99. The predicted octanol–water partition coefficient (Wildman–Crippen LogP) is 24.1. The molecule has 6 atom stereocenters. The number of unbranched alkanes of at least 4 members (excludes halogenated alkanes) is 46.